The molecule has 1 aromatic carbocycles. The summed E-state index contributed by atoms with van der Waals surface area (Å²) in [4.78, 5) is 2.37. The van der Waals surface area contributed by atoms with Gasteiger partial charge < -0.3 is 15.0 Å². The van der Waals surface area contributed by atoms with Crippen LogP contribution in [-0.4, -0.2) is 30.8 Å². The van der Waals surface area contributed by atoms with Crippen LogP contribution in [0.2, 0.25) is 0 Å². The van der Waals surface area contributed by atoms with Crippen LogP contribution in [0.15, 0.2) is 18.2 Å². The van der Waals surface area contributed by atoms with Crippen molar-refractivity contribution in [2.75, 3.05) is 18.0 Å². The lowest BCUT2D eigenvalue weighted by Gasteiger charge is -2.39. The molecule has 0 saturated carbocycles. The first-order chi connectivity index (χ1) is 9.80. The van der Waals surface area contributed by atoms with Crippen molar-refractivity contribution in [3.05, 3.63) is 23.8 Å². The van der Waals surface area contributed by atoms with Gasteiger partial charge in [0.2, 0.25) is 0 Å². The van der Waals surface area contributed by atoms with E-state index >= 15 is 0 Å². The average molecular weight is 287 g/mol. The number of benzene rings is 1. The highest BCUT2D eigenvalue weighted by molar-refractivity contribution is 5.58. The lowest BCUT2D eigenvalue weighted by atomic mass is 10.1. The van der Waals surface area contributed by atoms with E-state index in [0.717, 1.165) is 18.8 Å². The zero-order valence-corrected chi connectivity index (χ0v) is 13.6. The van der Waals surface area contributed by atoms with Crippen LogP contribution in [0.3, 0.4) is 0 Å². The van der Waals surface area contributed by atoms with Crippen molar-refractivity contribution in [3.8, 4) is 11.8 Å². The average Bonchev–Trinajstić information content (AvgIpc) is 2.39. The second kappa shape index (κ2) is 5.95. The maximum Gasteiger partial charge on any atom is 0.139 e. The van der Waals surface area contributed by atoms with Crippen molar-refractivity contribution >= 4 is 5.69 Å². The first-order valence-electron chi connectivity index (χ1n) is 7.53. The molecule has 1 fully saturated rings. The van der Waals surface area contributed by atoms with E-state index in [0.29, 0.717) is 23.4 Å². The fourth-order valence-electron chi connectivity index (χ4n) is 2.58. The third-order valence-electron chi connectivity index (χ3n) is 3.60. The Kier molecular flexibility index (Phi) is 4.43. The van der Waals surface area contributed by atoms with Crippen molar-refractivity contribution in [3.63, 3.8) is 0 Å². The molecule has 1 aliphatic rings. The first kappa shape index (κ1) is 15.7. The van der Waals surface area contributed by atoms with E-state index in [1.165, 1.54) is 0 Å². The minimum absolute atomic E-state index is 0.313. The minimum Gasteiger partial charge on any atom is -0.487 e. The molecule has 0 bridgehead atoms. The number of anilines is 1. The number of ether oxygens (including phenoxy) is 1. The summed E-state index contributed by atoms with van der Waals surface area (Å²) >= 11 is 0. The molecule has 2 rings (SSSR count). The van der Waals surface area contributed by atoms with Gasteiger partial charge in [-0.2, -0.15) is 5.26 Å². The number of piperazine rings is 1. The minimum atomic E-state index is -0.313. The third kappa shape index (κ3) is 3.89. The van der Waals surface area contributed by atoms with E-state index in [-0.39, 0.29) is 5.60 Å². The molecule has 0 radical (unpaired) electrons. The molecule has 0 spiro atoms. The molecule has 2 atom stereocenters. The van der Waals surface area contributed by atoms with E-state index in [2.05, 4.69) is 30.1 Å². The molecule has 1 N–H and O–H groups in total. The highest BCUT2D eigenvalue weighted by Crippen LogP contribution is 2.30. The Labute approximate surface area is 127 Å². The maximum atomic E-state index is 9.26. The summed E-state index contributed by atoms with van der Waals surface area (Å²) in [5, 5.41) is 12.7. The molecule has 4 nitrogen and oxygen atoms in total. The summed E-state index contributed by atoms with van der Waals surface area (Å²) in [6, 6.07) is 8.97. The fourth-order valence-corrected chi connectivity index (χ4v) is 2.58. The zero-order valence-electron chi connectivity index (χ0n) is 13.6. The number of nitriles is 1. The molecule has 0 unspecified atom stereocenters. The van der Waals surface area contributed by atoms with Crippen molar-refractivity contribution < 1.29 is 4.74 Å². The van der Waals surface area contributed by atoms with Gasteiger partial charge in [-0.1, -0.05) is 0 Å². The molecule has 0 amide bonds. The van der Waals surface area contributed by atoms with Crippen LogP contribution in [0, 0.1) is 11.3 Å². The SMILES string of the molecule is C[C@@H]1CN(c2ccc(C#N)c(OC(C)(C)C)c2)[C@@H](C)CN1. The van der Waals surface area contributed by atoms with Crippen molar-refractivity contribution in [2.24, 2.45) is 0 Å². The van der Waals surface area contributed by atoms with Crippen LogP contribution < -0.4 is 15.0 Å². The smallest absolute Gasteiger partial charge is 0.139 e. The van der Waals surface area contributed by atoms with E-state index in [4.69, 9.17) is 4.74 Å². The monoisotopic (exact) mass is 287 g/mol. The topological polar surface area (TPSA) is 48.3 Å². The lowest BCUT2D eigenvalue weighted by Crippen LogP contribution is -2.54. The molecular weight excluding hydrogens is 262 g/mol. The van der Waals surface area contributed by atoms with Gasteiger partial charge in [0, 0.05) is 36.9 Å². The van der Waals surface area contributed by atoms with Crippen molar-refractivity contribution in [1.82, 2.24) is 5.32 Å². The zero-order chi connectivity index (χ0) is 15.6. The molecule has 1 heterocycles. The van der Waals surface area contributed by atoms with Gasteiger partial charge in [0.15, 0.2) is 0 Å². The second-order valence-electron chi connectivity index (χ2n) is 6.82. The Bertz CT molecular complexity index is 542. The van der Waals surface area contributed by atoms with Crippen molar-refractivity contribution in [1.29, 1.82) is 5.26 Å². The molecule has 0 aromatic heterocycles. The number of hydrogen-bond donors (Lipinski definition) is 1. The maximum absolute atomic E-state index is 9.26. The van der Waals surface area contributed by atoms with Gasteiger partial charge in [0.05, 0.1) is 5.56 Å². The number of nitrogens with one attached hydrogen (secondary N) is 1. The van der Waals surface area contributed by atoms with Gasteiger partial charge in [-0.25, -0.2) is 0 Å². The molecule has 4 heteroatoms. The van der Waals surface area contributed by atoms with E-state index in [9.17, 15) is 5.26 Å². The largest absolute Gasteiger partial charge is 0.487 e. The van der Waals surface area contributed by atoms with Crippen LogP contribution in [0.4, 0.5) is 5.69 Å². The van der Waals surface area contributed by atoms with Crippen LogP contribution in [0.1, 0.15) is 40.2 Å². The summed E-state index contributed by atoms with van der Waals surface area (Å²) in [6.45, 7) is 12.3. The lowest BCUT2D eigenvalue weighted by molar-refractivity contribution is 0.130. The number of nitrogens with zero attached hydrogens (tertiary/aromatic N) is 2. The van der Waals surface area contributed by atoms with Crippen molar-refractivity contribution in [2.45, 2.75) is 52.3 Å². The summed E-state index contributed by atoms with van der Waals surface area (Å²) in [5.74, 6) is 0.667. The predicted octanol–water partition coefficient (Wildman–Crippen LogP) is 2.92. The van der Waals surface area contributed by atoms with E-state index in [1.807, 2.05) is 39.0 Å². The Morgan fingerprint density at radius 2 is 2.05 bits per heavy atom. The fraction of sp³-hybridized carbons (Fsp3) is 0.588. The van der Waals surface area contributed by atoms with E-state index in [1.54, 1.807) is 0 Å². The molecule has 1 aliphatic heterocycles. The number of rotatable bonds is 2. The molecule has 0 aliphatic carbocycles. The first-order valence-corrected chi connectivity index (χ1v) is 7.53. The Hall–Kier alpha value is -1.73. The standard InChI is InChI=1S/C17H25N3O/c1-12-11-20(13(2)10-19-12)15-7-6-14(9-18)16(8-15)21-17(3,4)5/h6-8,12-13,19H,10-11H2,1-5H3/t12-,13+/m1/s1. The van der Waals surface area contributed by atoms with Gasteiger partial charge in [0.1, 0.15) is 17.4 Å². The van der Waals surface area contributed by atoms with Gasteiger partial charge in [0.25, 0.3) is 0 Å². The van der Waals surface area contributed by atoms with Crippen LogP contribution in [0.5, 0.6) is 5.75 Å². The molecule has 1 saturated heterocycles. The normalized spacial score (nSPS) is 22.8. The van der Waals surface area contributed by atoms with Gasteiger partial charge in [-0.15, -0.1) is 0 Å². The highest BCUT2D eigenvalue weighted by Gasteiger charge is 2.24. The van der Waals surface area contributed by atoms with Crippen LogP contribution in [-0.2, 0) is 0 Å². The van der Waals surface area contributed by atoms with Gasteiger partial charge in [-0.3, -0.25) is 0 Å². The summed E-state index contributed by atoms with van der Waals surface area (Å²) < 4.78 is 5.95. The summed E-state index contributed by atoms with van der Waals surface area (Å²) in [7, 11) is 0. The second-order valence-corrected chi connectivity index (χ2v) is 6.82. The quantitative estimate of drug-likeness (QED) is 0.908. The summed E-state index contributed by atoms with van der Waals surface area (Å²) in [6.07, 6.45) is 0. The molecule has 114 valence electrons. The third-order valence-corrected chi connectivity index (χ3v) is 3.60. The van der Waals surface area contributed by atoms with Gasteiger partial charge in [-0.05, 0) is 46.8 Å². The molecule has 1 aromatic rings. The number of hydrogen-bond acceptors (Lipinski definition) is 4. The van der Waals surface area contributed by atoms with Crippen LogP contribution in [0.25, 0.3) is 0 Å². The Morgan fingerprint density at radius 3 is 2.67 bits per heavy atom. The van der Waals surface area contributed by atoms with Gasteiger partial charge >= 0.3 is 0 Å². The highest BCUT2D eigenvalue weighted by atomic mass is 16.5. The predicted molar refractivity (Wildman–Crippen MR) is 85.8 cm³/mol. The Balaban J connectivity index is 2.33. The Morgan fingerprint density at radius 1 is 1.33 bits per heavy atom. The molecule has 21 heavy (non-hydrogen) atoms. The van der Waals surface area contributed by atoms with Crippen LogP contribution >= 0.6 is 0 Å². The van der Waals surface area contributed by atoms with E-state index < -0.39 is 0 Å². The molecular formula is C17H25N3O. The summed E-state index contributed by atoms with van der Waals surface area (Å²) in [5.41, 5.74) is 1.39.